The number of hydrogen-bond acceptors (Lipinski definition) is 2. The molecule has 23 heavy (non-hydrogen) atoms. The number of hydrogen-bond donors (Lipinski definition) is 0. The number of ketones is 1. The summed E-state index contributed by atoms with van der Waals surface area (Å²) >= 11 is 3.30. The molecule has 0 radical (unpaired) electrons. The van der Waals surface area contributed by atoms with E-state index in [1.807, 2.05) is 61.5 Å². The molecule has 2 rings (SSSR count). The minimum absolute atomic E-state index is 0.215. The standard InChI is InChI=1S/C19H20BrNO2/c1-14-8-7-11-17(12-14)21(13-16-9-5-4-6-10-16)18(23)19(3,20)15(2)22/h4-12H,13H2,1-3H3. The van der Waals surface area contributed by atoms with Gasteiger partial charge in [-0.3, -0.25) is 9.59 Å². The van der Waals surface area contributed by atoms with Crippen LogP contribution < -0.4 is 4.90 Å². The summed E-state index contributed by atoms with van der Waals surface area (Å²) in [6.07, 6.45) is 0. The summed E-state index contributed by atoms with van der Waals surface area (Å²) in [6, 6.07) is 17.5. The maximum absolute atomic E-state index is 13.0. The minimum Gasteiger partial charge on any atom is -0.306 e. The summed E-state index contributed by atoms with van der Waals surface area (Å²) in [6.45, 7) is 5.42. The highest BCUT2D eigenvalue weighted by Crippen LogP contribution is 2.27. The summed E-state index contributed by atoms with van der Waals surface area (Å²) < 4.78 is -1.23. The van der Waals surface area contributed by atoms with Crippen LogP contribution in [-0.4, -0.2) is 16.0 Å². The first-order valence-corrected chi connectivity index (χ1v) is 8.24. The van der Waals surface area contributed by atoms with Crippen LogP contribution in [0.2, 0.25) is 0 Å². The van der Waals surface area contributed by atoms with E-state index in [1.54, 1.807) is 11.8 Å². The second-order valence-corrected chi connectivity index (χ2v) is 7.36. The molecule has 0 aliphatic carbocycles. The molecule has 0 N–H and O–H groups in total. The van der Waals surface area contributed by atoms with E-state index in [2.05, 4.69) is 15.9 Å². The quantitative estimate of drug-likeness (QED) is 0.579. The van der Waals surface area contributed by atoms with Gasteiger partial charge in [0.2, 0.25) is 0 Å². The van der Waals surface area contributed by atoms with Crippen LogP contribution in [0, 0.1) is 6.92 Å². The predicted molar refractivity (Wildman–Crippen MR) is 96.8 cm³/mol. The third kappa shape index (κ3) is 4.08. The van der Waals surface area contributed by atoms with Crippen molar-refractivity contribution in [2.45, 2.75) is 31.6 Å². The summed E-state index contributed by atoms with van der Waals surface area (Å²) in [7, 11) is 0. The van der Waals surface area contributed by atoms with Gasteiger partial charge in [0, 0.05) is 5.69 Å². The Morgan fingerprint density at radius 2 is 1.74 bits per heavy atom. The molecule has 0 bridgehead atoms. The zero-order chi connectivity index (χ0) is 17.0. The first-order valence-electron chi connectivity index (χ1n) is 7.45. The normalized spacial score (nSPS) is 13.2. The van der Waals surface area contributed by atoms with Gasteiger partial charge in [0.15, 0.2) is 10.1 Å². The molecule has 2 aromatic carbocycles. The van der Waals surface area contributed by atoms with Crippen molar-refractivity contribution in [3.05, 3.63) is 65.7 Å². The van der Waals surface area contributed by atoms with Crippen LogP contribution in [0.3, 0.4) is 0 Å². The highest BCUT2D eigenvalue weighted by Gasteiger charge is 2.39. The van der Waals surface area contributed by atoms with Gasteiger partial charge in [0.1, 0.15) is 0 Å². The first-order chi connectivity index (χ1) is 10.8. The van der Waals surface area contributed by atoms with Crippen LogP contribution in [0.25, 0.3) is 0 Å². The summed E-state index contributed by atoms with van der Waals surface area (Å²) in [5.74, 6) is -0.479. The van der Waals surface area contributed by atoms with Gasteiger partial charge in [-0.05, 0) is 44.0 Å². The largest absolute Gasteiger partial charge is 0.306 e. The second-order valence-electron chi connectivity index (χ2n) is 5.78. The Labute approximate surface area is 145 Å². The molecule has 0 saturated carbocycles. The average molecular weight is 374 g/mol. The number of carbonyl (C=O) groups is 2. The molecule has 1 atom stereocenters. The Kier molecular flexibility index (Phi) is 5.37. The predicted octanol–water partition coefficient (Wildman–Crippen LogP) is 4.27. The van der Waals surface area contributed by atoms with Gasteiger partial charge in [0.05, 0.1) is 6.54 Å². The Balaban J connectivity index is 2.43. The molecule has 4 heteroatoms. The molecule has 0 aliphatic heterocycles. The van der Waals surface area contributed by atoms with Gasteiger partial charge in [0.25, 0.3) is 5.91 Å². The maximum atomic E-state index is 13.0. The number of anilines is 1. The van der Waals surface area contributed by atoms with Crippen molar-refractivity contribution in [1.29, 1.82) is 0 Å². The van der Waals surface area contributed by atoms with Gasteiger partial charge in [-0.15, -0.1) is 0 Å². The Morgan fingerprint density at radius 1 is 1.09 bits per heavy atom. The topological polar surface area (TPSA) is 37.4 Å². The van der Waals surface area contributed by atoms with Gasteiger partial charge in [-0.1, -0.05) is 58.4 Å². The van der Waals surface area contributed by atoms with E-state index in [4.69, 9.17) is 0 Å². The van der Waals surface area contributed by atoms with E-state index >= 15 is 0 Å². The molecule has 0 spiro atoms. The molecule has 1 amide bonds. The lowest BCUT2D eigenvalue weighted by molar-refractivity contribution is -0.128. The van der Waals surface area contributed by atoms with Crippen LogP contribution >= 0.6 is 15.9 Å². The number of halogens is 1. The van der Waals surface area contributed by atoms with Crippen LogP contribution in [-0.2, 0) is 16.1 Å². The highest BCUT2D eigenvalue weighted by molar-refractivity contribution is 9.10. The van der Waals surface area contributed by atoms with E-state index in [0.29, 0.717) is 6.54 Å². The van der Waals surface area contributed by atoms with Crippen LogP contribution in [0.5, 0.6) is 0 Å². The van der Waals surface area contributed by atoms with Crippen molar-refractivity contribution in [2.75, 3.05) is 4.90 Å². The Morgan fingerprint density at radius 3 is 2.30 bits per heavy atom. The lowest BCUT2D eigenvalue weighted by Crippen LogP contribution is -2.47. The van der Waals surface area contributed by atoms with Crippen molar-refractivity contribution < 1.29 is 9.59 Å². The SMILES string of the molecule is CC(=O)C(C)(Br)C(=O)N(Cc1ccccc1)c1cccc(C)c1. The molecular weight excluding hydrogens is 354 g/mol. The fraction of sp³-hybridized carbons (Fsp3) is 0.263. The van der Waals surface area contributed by atoms with Gasteiger partial charge in [-0.2, -0.15) is 0 Å². The third-order valence-corrected chi connectivity index (χ3v) is 4.70. The molecular formula is C19H20BrNO2. The second kappa shape index (κ2) is 7.09. The van der Waals surface area contributed by atoms with E-state index in [-0.39, 0.29) is 11.7 Å². The number of amides is 1. The van der Waals surface area contributed by atoms with Gasteiger partial charge >= 0.3 is 0 Å². The summed E-state index contributed by atoms with van der Waals surface area (Å²) in [5, 5.41) is 0. The van der Waals surface area contributed by atoms with E-state index in [1.165, 1.54) is 6.92 Å². The zero-order valence-electron chi connectivity index (χ0n) is 13.5. The summed E-state index contributed by atoms with van der Waals surface area (Å²) in [4.78, 5) is 26.5. The molecule has 0 aliphatic rings. The van der Waals surface area contributed by atoms with Crippen LogP contribution in [0.1, 0.15) is 25.0 Å². The van der Waals surface area contributed by atoms with Gasteiger partial charge in [-0.25, -0.2) is 0 Å². The minimum atomic E-state index is -1.23. The van der Waals surface area contributed by atoms with Crippen molar-refractivity contribution in [3.8, 4) is 0 Å². The lowest BCUT2D eigenvalue weighted by atomic mass is 10.0. The first kappa shape index (κ1) is 17.4. The number of nitrogens with zero attached hydrogens (tertiary/aromatic N) is 1. The molecule has 2 aromatic rings. The number of rotatable bonds is 5. The molecule has 0 aromatic heterocycles. The number of aryl methyl sites for hydroxylation is 1. The zero-order valence-corrected chi connectivity index (χ0v) is 15.1. The number of Topliss-reactive ketones (excluding diaryl/α,β-unsaturated/α-hetero) is 1. The van der Waals surface area contributed by atoms with Gasteiger partial charge < -0.3 is 4.90 Å². The van der Waals surface area contributed by atoms with Crippen molar-refractivity contribution >= 4 is 33.3 Å². The molecule has 1 unspecified atom stereocenters. The molecule has 120 valence electrons. The van der Waals surface area contributed by atoms with Crippen molar-refractivity contribution in [1.82, 2.24) is 0 Å². The molecule has 0 fully saturated rings. The maximum Gasteiger partial charge on any atom is 0.251 e. The third-order valence-electron chi connectivity index (χ3n) is 3.80. The van der Waals surface area contributed by atoms with E-state index in [9.17, 15) is 9.59 Å². The molecule has 0 saturated heterocycles. The van der Waals surface area contributed by atoms with E-state index in [0.717, 1.165) is 16.8 Å². The number of carbonyl (C=O) groups excluding carboxylic acids is 2. The van der Waals surface area contributed by atoms with Crippen LogP contribution in [0.4, 0.5) is 5.69 Å². The van der Waals surface area contributed by atoms with E-state index < -0.39 is 4.32 Å². The monoisotopic (exact) mass is 373 g/mol. The smallest absolute Gasteiger partial charge is 0.251 e. The summed E-state index contributed by atoms with van der Waals surface area (Å²) in [5.41, 5.74) is 2.85. The fourth-order valence-electron chi connectivity index (χ4n) is 2.25. The van der Waals surface area contributed by atoms with Crippen molar-refractivity contribution in [3.63, 3.8) is 0 Å². The highest BCUT2D eigenvalue weighted by atomic mass is 79.9. The van der Waals surface area contributed by atoms with Crippen molar-refractivity contribution in [2.24, 2.45) is 0 Å². The van der Waals surface area contributed by atoms with Crippen LogP contribution in [0.15, 0.2) is 54.6 Å². The Hall–Kier alpha value is -1.94. The fourth-order valence-corrected chi connectivity index (χ4v) is 2.46. The Bertz CT molecular complexity index is 710. The molecule has 3 nitrogen and oxygen atoms in total. The number of benzene rings is 2. The lowest BCUT2D eigenvalue weighted by Gasteiger charge is -2.29. The number of alkyl halides is 1. The average Bonchev–Trinajstić information content (AvgIpc) is 2.52. The molecule has 0 heterocycles.